The fraction of sp³-hybridized carbons (Fsp3) is 0.600. The summed E-state index contributed by atoms with van der Waals surface area (Å²) >= 11 is 0. The van der Waals surface area contributed by atoms with Gasteiger partial charge in [-0.25, -0.2) is 0 Å². The summed E-state index contributed by atoms with van der Waals surface area (Å²) in [5, 5.41) is 8.53. The first-order chi connectivity index (χ1) is 15.4. The molecule has 7 nitrogen and oxygen atoms in total. The Morgan fingerprint density at radius 3 is 2.72 bits per heavy atom. The predicted molar refractivity (Wildman–Crippen MR) is 123 cm³/mol. The Hall–Kier alpha value is -2.54. The molecule has 32 heavy (non-hydrogen) atoms. The molecule has 2 aromatic heterocycles. The van der Waals surface area contributed by atoms with Crippen LogP contribution < -0.4 is 5.73 Å². The van der Waals surface area contributed by atoms with Crippen LogP contribution in [-0.4, -0.2) is 45.6 Å². The van der Waals surface area contributed by atoms with Crippen LogP contribution in [-0.2, 0) is 11.2 Å². The Bertz CT molecular complexity index is 931. The van der Waals surface area contributed by atoms with Crippen LogP contribution in [0.2, 0.25) is 0 Å². The zero-order chi connectivity index (χ0) is 22.7. The fourth-order valence-electron chi connectivity index (χ4n) is 5.34. The Kier molecular flexibility index (Phi) is 7.04. The van der Waals surface area contributed by atoms with Gasteiger partial charge in [-0.15, -0.1) is 10.2 Å². The number of pyridine rings is 1. The number of hydrogen-bond donors (Lipinski definition) is 1. The third kappa shape index (κ3) is 5.26. The zero-order valence-electron chi connectivity index (χ0n) is 19.4. The van der Waals surface area contributed by atoms with Gasteiger partial charge < -0.3 is 15.1 Å². The van der Waals surface area contributed by atoms with Crippen molar-refractivity contribution in [2.75, 3.05) is 19.6 Å². The molecule has 3 atom stereocenters. The number of piperidine rings is 1. The third-order valence-corrected chi connectivity index (χ3v) is 7.34. The molecule has 0 radical (unpaired) electrons. The number of nitrogens with zero attached hydrogens (tertiary/aromatic N) is 4. The summed E-state index contributed by atoms with van der Waals surface area (Å²) in [5.74, 6) is 3.28. The first-order valence-corrected chi connectivity index (χ1v) is 11.8. The molecule has 0 bridgehead atoms. The molecule has 4 rings (SSSR count). The molecule has 2 N–H and O–H groups in total. The van der Waals surface area contributed by atoms with Crippen molar-refractivity contribution in [3.63, 3.8) is 0 Å². The van der Waals surface area contributed by atoms with E-state index in [1.54, 1.807) is 12.4 Å². The van der Waals surface area contributed by atoms with E-state index in [1.807, 2.05) is 12.1 Å². The van der Waals surface area contributed by atoms with E-state index in [0.29, 0.717) is 35.5 Å². The van der Waals surface area contributed by atoms with Gasteiger partial charge in [0.1, 0.15) is 0 Å². The summed E-state index contributed by atoms with van der Waals surface area (Å²) in [6.45, 7) is 9.89. The van der Waals surface area contributed by atoms with Crippen LogP contribution in [0.4, 0.5) is 0 Å². The Morgan fingerprint density at radius 1 is 1.28 bits per heavy atom. The van der Waals surface area contributed by atoms with Crippen LogP contribution in [0.25, 0.3) is 11.5 Å². The average Bonchev–Trinajstić information content (AvgIpc) is 3.25. The van der Waals surface area contributed by atoms with E-state index < -0.39 is 0 Å². The molecule has 2 aromatic rings. The number of hydrogen-bond acceptors (Lipinski definition) is 6. The maximum Gasteiger partial charge on any atom is 0.249 e. The number of primary amides is 1. The molecule has 1 amide bonds. The van der Waals surface area contributed by atoms with Crippen molar-refractivity contribution in [1.82, 2.24) is 20.1 Å². The van der Waals surface area contributed by atoms with E-state index >= 15 is 0 Å². The lowest BCUT2D eigenvalue weighted by Gasteiger charge is -2.40. The number of nitrogens with two attached hydrogens (primary N) is 1. The number of rotatable bonds is 7. The van der Waals surface area contributed by atoms with Gasteiger partial charge in [-0.05, 0) is 75.1 Å². The molecule has 0 aromatic carbocycles. The zero-order valence-corrected chi connectivity index (χ0v) is 19.4. The van der Waals surface area contributed by atoms with Crippen molar-refractivity contribution in [2.24, 2.45) is 35.3 Å². The predicted octanol–water partition coefficient (Wildman–Crippen LogP) is 3.73. The van der Waals surface area contributed by atoms with Gasteiger partial charge in [0, 0.05) is 31.3 Å². The standard InChI is InChI=1S/C25H35N5O2/c1-16(2)22-12-20(13-23-28-29-25(32-23)19-5-4-8-27-14-19)17(3)11-21(22)15-30-9-6-18(7-10-30)24(26)31/h4-5,8,11,14,16,18,20-22H,6-7,9-10,12-13,15H2,1-3H3,(H2,26,31)/t20-,21-,22-/m0/s1. The molecule has 7 heteroatoms. The first-order valence-electron chi connectivity index (χ1n) is 11.8. The summed E-state index contributed by atoms with van der Waals surface area (Å²) < 4.78 is 5.96. The molecule has 0 spiro atoms. The summed E-state index contributed by atoms with van der Waals surface area (Å²) in [6, 6.07) is 3.80. The van der Waals surface area contributed by atoms with Crippen molar-refractivity contribution >= 4 is 5.91 Å². The van der Waals surface area contributed by atoms with Crippen LogP contribution in [0.5, 0.6) is 0 Å². The Morgan fingerprint density at radius 2 is 2.06 bits per heavy atom. The van der Waals surface area contributed by atoms with E-state index in [4.69, 9.17) is 10.2 Å². The van der Waals surface area contributed by atoms with Gasteiger partial charge in [-0.1, -0.05) is 25.5 Å². The van der Waals surface area contributed by atoms with Crippen molar-refractivity contribution in [3.05, 3.63) is 42.1 Å². The topological polar surface area (TPSA) is 98.1 Å². The van der Waals surface area contributed by atoms with Crippen molar-refractivity contribution in [1.29, 1.82) is 0 Å². The SMILES string of the molecule is CC1=C[C@@H](CN2CCC(C(N)=O)CC2)[C@H](C(C)C)C[C@H]1Cc1nnc(-c2cccnc2)o1. The molecule has 0 unspecified atom stereocenters. The third-order valence-electron chi connectivity index (χ3n) is 7.34. The molecule has 1 fully saturated rings. The van der Waals surface area contributed by atoms with Gasteiger partial charge in [0.2, 0.25) is 17.7 Å². The minimum atomic E-state index is -0.145. The normalized spacial score (nSPS) is 25.1. The number of amides is 1. The van der Waals surface area contributed by atoms with Gasteiger partial charge in [0.15, 0.2) is 0 Å². The number of allylic oxidation sites excluding steroid dienone is 1. The highest BCUT2D eigenvalue weighted by Gasteiger charge is 2.34. The van der Waals surface area contributed by atoms with Gasteiger partial charge >= 0.3 is 0 Å². The first kappa shape index (κ1) is 22.6. The van der Waals surface area contributed by atoms with E-state index in [2.05, 4.69) is 46.9 Å². The lowest BCUT2D eigenvalue weighted by Crippen LogP contribution is -2.43. The molecule has 2 aliphatic rings. The number of carbonyl (C=O) groups is 1. The van der Waals surface area contributed by atoms with Gasteiger partial charge in [0.25, 0.3) is 0 Å². The Balaban J connectivity index is 1.41. The van der Waals surface area contributed by atoms with E-state index in [0.717, 1.165) is 50.9 Å². The van der Waals surface area contributed by atoms with E-state index in [-0.39, 0.29) is 11.8 Å². The summed E-state index contributed by atoms with van der Waals surface area (Å²) in [6.07, 6.45) is 9.64. The molecular weight excluding hydrogens is 402 g/mol. The second kappa shape index (κ2) is 9.94. The van der Waals surface area contributed by atoms with Gasteiger partial charge in [-0.3, -0.25) is 9.78 Å². The minimum absolute atomic E-state index is 0.0473. The van der Waals surface area contributed by atoms with Gasteiger partial charge in [-0.2, -0.15) is 0 Å². The molecule has 1 saturated heterocycles. The molecule has 172 valence electrons. The smallest absolute Gasteiger partial charge is 0.249 e. The van der Waals surface area contributed by atoms with Crippen LogP contribution in [0, 0.1) is 29.6 Å². The number of likely N-dealkylation sites (tertiary alicyclic amines) is 1. The summed E-state index contributed by atoms with van der Waals surface area (Å²) in [5.41, 5.74) is 7.77. The second-order valence-corrected chi connectivity index (χ2v) is 9.84. The lowest BCUT2D eigenvalue weighted by atomic mass is 9.69. The molecule has 0 saturated carbocycles. The van der Waals surface area contributed by atoms with E-state index in [1.165, 1.54) is 5.57 Å². The summed E-state index contributed by atoms with van der Waals surface area (Å²) in [4.78, 5) is 18.1. The highest BCUT2D eigenvalue weighted by molar-refractivity contribution is 5.76. The Labute approximate surface area is 190 Å². The maximum absolute atomic E-state index is 11.5. The minimum Gasteiger partial charge on any atom is -0.421 e. The van der Waals surface area contributed by atoms with Crippen LogP contribution in [0.1, 0.15) is 45.9 Å². The van der Waals surface area contributed by atoms with Crippen molar-refractivity contribution in [2.45, 2.75) is 46.5 Å². The fourth-order valence-corrected chi connectivity index (χ4v) is 5.34. The molecule has 1 aliphatic heterocycles. The van der Waals surface area contributed by atoms with Gasteiger partial charge in [0.05, 0.1) is 5.56 Å². The highest BCUT2D eigenvalue weighted by Crippen LogP contribution is 2.39. The molecular formula is C25H35N5O2. The second-order valence-electron chi connectivity index (χ2n) is 9.84. The van der Waals surface area contributed by atoms with Crippen LogP contribution in [0.3, 0.4) is 0 Å². The molecule has 1 aliphatic carbocycles. The maximum atomic E-state index is 11.5. The monoisotopic (exact) mass is 437 g/mol. The lowest BCUT2D eigenvalue weighted by molar-refractivity contribution is -0.123. The van der Waals surface area contributed by atoms with E-state index in [9.17, 15) is 4.79 Å². The van der Waals surface area contributed by atoms with Crippen LogP contribution in [0.15, 0.2) is 40.6 Å². The average molecular weight is 438 g/mol. The van der Waals surface area contributed by atoms with Crippen molar-refractivity contribution < 1.29 is 9.21 Å². The quantitative estimate of drug-likeness (QED) is 0.663. The largest absolute Gasteiger partial charge is 0.421 e. The molecule has 3 heterocycles. The summed E-state index contributed by atoms with van der Waals surface area (Å²) in [7, 11) is 0. The highest BCUT2D eigenvalue weighted by atomic mass is 16.4. The van der Waals surface area contributed by atoms with Crippen molar-refractivity contribution in [3.8, 4) is 11.5 Å². The number of carbonyl (C=O) groups excluding carboxylic acids is 1. The van der Waals surface area contributed by atoms with Crippen LogP contribution >= 0.6 is 0 Å². The number of aromatic nitrogens is 3.